The topological polar surface area (TPSA) is 83.4 Å². The Morgan fingerprint density at radius 1 is 1.12 bits per heavy atom. The van der Waals surface area contributed by atoms with Crippen molar-refractivity contribution in [1.82, 2.24) is 5.32 Å². The van der Waals surface area contributed by atoms with E-state index >= 15 is 0 Å². The van der Waals surface area contributed by atoms with Crippen LogP contribution in [0.4, 0.5) is 5.69 Å². The maximum atomic E-state index is 12.0. The maximum Gasteiger partial charge on any atom is 0.242 e. The lowest BCUT2D eigenvalue weighted by Gasteiger charge is -2.15. The van der Waals surface area contributed by atoms with E-state index in [0.717, 1.165) is 12.1 Å². The van der Waals surface area contributed by atoms with Crippen LogP contribution in [0.3, 0.4) is 0 Å². The molecule has 2 aromatic carbocycles. The number of anilines is 1. The zero-order valence-electron chi connectivity index (χ0n) is 15.0. The van der Waals surface area contributed by atoms with Gasteiger partial charge in [0.15, 0.2) is 0 Å². The Hall–Kier alpha value is -3.04. The minimum absolute atomic E-state index is 0.0565. The molecule has 2 rings (SSSR count). The second-order valence-electron chi connectivity index (χ2n) is 5.77. The molecular formula is C20H23N3O3. The Balaban J connectivity index is 1.84. The van der Waals surface area contributed by atoms with E-state index in [1.165, 1.54) is 0 Å². The van der Waals surface area contributed by atoms with Crippen molar-refractivity contribution >= 4 is 11.6 Å². The molecule has 0 aromatic heterocycles. The van der Waals surface area contributed by atoms with Crippen molar-refractivity contribution in [2.45, 2.75) is 19.4 Å². The van der Waals surface area contributed by atoms with Crippen molar-refractivity contribution in [3.8, 4) is 17.6 Å². The van der Waals surface area contributed by atoms with Crippen LogP contribution in [-0.2, 0) is 9.53 Å². The molecule has 26 heavy (non-hydrogen) atoms. The van der Waals surface area contributed by atoms with Gasteiger partial charge in [0, 0.05) is 25.9 Å². The molecule has 2 N–H and O–H groups in total. The van der Waals surface area contributed by atoms with Gasteiger partial charge >= 0.3 is 0 Å². The molecule has 0 fully saturated rings. The first kappa shape index (κ1) is 19.3. The average molecular weight is 353 g/mol. The van der Waals surface area contributed by atoms with Crippen LogP contribution in [0.25, 0.3) is 0 Å². The molecule has 0 spiro atoms. The molecule has 0 saturated heterocycles. The van der Waals surface area contributed by atoms with Crippen LogP contribution < -0.4 is 15.4 Å². The fourth-order valence-electron chi connectivity index (χ4n) is 2.25. The van der Waals surface area contributed by atoms with E-state index in [0.29, 0.717) is 30.2 Å². The lowest BCUT2D eigenvalue weighted by molar-refractivity contribution is -0.121. The van der Waals surface area contributed by atoms with Gasteiger partial charge in [-0.15, -0.1) is 0 Å². The SMILES string of the molecule is COCCCNC(=O)C(C)Nc1ccc(Oc2ccc(C#N)cc2)cc1. The molecule has 0 aliphatic carbocycles. The summed E-state index contributed by atoms with van der Waals surface area (Å²) in [6.45, 7) is 3.03. The van der Waals surface area contributed by atoms with E-state index in [4.69, 9.17) is 14.7 Å². The highest BCUT2D eigenvalue weighted by molar-refractivity contribution is 5.84. The number of hydrogen-bond acceptors (Lipinski definition) is 5. The average Bonchev–Trinajstić information content (AvgIpc) is 2.67. The molecule has 6 heteroatoms. The van der Waals surface area contributed by atoms with E-state index in [1.807, 2.05) is 31.2 Å². The summed E-state index contributed by atoms with van der Waals surface area (Å²) in [4.78, 5) is 12.0. The molecule has 0 heterocycles. The first-order valence-corrected chi connectivity index (χ1v) is 8.43. The van der Waals surface area contributed by atoms with Gasteiger partial charge in [0.1, 0.15) is 17.5 Å². The summed E-state index contributed by atoms with van der Waals surface area (Å²) >= 11 is 0. The number of rotatable bonds is 9. The molecule has 1 atom stereocenters. The molecule has 1 unspecified atom stereocenters. The molecule has 2 aromatic rings. The second-order valence-corrected chi connectivity index (χ2v) is 5.77. The number of nitrogens with zero attached hydrogens (tertiary/aromatic N) is 1. The third-order valence-corrected chi connectivity index (χ3v) is 3.67. The smallest absolute Gasteiger partial charge is 0.242 e. The van der Waals surface area contributed by atoms with Crippen LogP contribution in [0.5, 0.6) is 11.5 Å². The third-order valence-electron chi connectivity index (χ3n) is 3.67. The molecule has 0 saturated carbocycles. The maximum absolute atomic E-state index is 12.0. The van der Waals surface area contributed by atoms with Crippen LogP contribution in [0.15, 0.2) is 48.5 Å². The van der Waals surface area contributed by atoms with Crippen LogP contribution in [0.1, 0.15) is 18.9 Å². The van der Waals surface area contributed by atoms with E-state index in [-0.39, 0.29) is 11.9 Å². The van der Waals surface area contributed by atoms with Gasteiger partial charge in [-0.25, -0.2) is 0 Å². The van der Waals surface area contributed by atoms with E-state index in [9.17, 15) is 4.79 Å². The second kappa shape index (κ2) is 10.1. The number of nitrogens with one attached hydrogen (secondary N) is 2. The summed E-state index contributed by atoms with van der Waals surface area (Å²) in [5, 5.41) is 14.8. The highest BCUT2D eigenvalue weighted by Crippen LogP contribution is 2.23. The third kappa shape index (κ3) is 6.11. The Morgan fingerprint density at radius 2 is 1.73 bits per heavy atom. The van der Waals surface area contributed by atoms with Gasteiger partial charge in [0.05, 0.1) is 11.6 Å². The summed E-state index contributed by atoms with van der Waals surface area (Å²) in [6, 6.07) is 16.0. The quantitative estimate of drug-likeness (QED) is 0.676. The van der Waals surface area contributed by atoms with Crippen molar-refractivity contribution in [3.05, 3.63) is 54.1 Å². The lowest BCUT2D eigenvalue weighted by atomic mass is 10.2. The van der Waals surface area contributed by atoms with Crippen molar-refractivity contribution in [1.29, 1.82) is 5.26 Å². The van der Waals surface area contributed by atoms with Crippen molar-refractivity contribution in [2.75, 3.05) is 25.6 Å². The molecular weight excluding hydrogens is 330 g/mol. The minimum atomic E-state index is -0.345. The molecule has 6 nitrogen and oxygen atoms in total. The summed E-state index contributed by atoms with van der Waals surface area (Å²) in [7, 11) is 1.64. The minimum Gasteiger partial charge on any atom is -0.457 e. The fourth-order valence-corrected chi connectivity index (χ4v) is 2.25. The zero-order valence-corrected chi connectivity index (χ0v) is 15.0. The highest BCUT2D eigenvalue weighted by atomic mass is 16.5. The number of amides is 1. The summed E-state index contributed by atoms with van der Waals surface area (Å²) < 4.78 is 10.7. The summed E-state index contributed by atoms with van der Waals surface area (Å²) in [5.41, 5.74) is 1.42. The van der Waals surface area contributed by atoms with Crippen LogP contribution >= 0.6 is 0 Å². The predicted octanol–water partition coefficient (Wildman–Crippen LogP) is 3.30. The van der Waals surface area contributed by atoms with Crippen LogP contribution in [0.2, 0.25) is 0 Å². The zero-order chi connectivity index (χ0) is 18.8. The largest absolute Gasteiger partial charge is 0.457 e. The molecule has 0 bridgehead atoms. The van der Waals surface area contributed by atoms with Gasteiger partial charge in [0.25, 0.3) is 0 Å². The Labute approximate surface area is 153 Å². The normalized spacial score (nSPS) is 11.3. The van der Waals surface area contributed by atoms with E-state index in [2.05, 4.69) is 16.7 Å². The Morgan fingerprint density at radius 3 is 2.31 bits per heavy atom. The van der Waals surface area contributed by atoms with Gasteiger partial charge in [-0.2, -0.15) is 5.26 Å². The van der Waals surface area contributed by atoms with Gasteiger partial charge in [-0.1, -0.05) is 0 Å². The summed E-state index contributed by atoms with van der Waals surface area (Å²) in [6.07, 6.45) is 0.788. The Kier molecular flexibility index (Phi) is 7.47. The number of methoxy groups -OCH3 is 1. The number of hydrogen-bond donors (Lipinski definition) is 2. The van der Waals surface area contributed by atoms with Gasteiger partial charge in [0.2, 0.25) is 5.91 Å². The van der Waals surface area contributed by atoms with Crippen LogP contribution in [0, 0.1) is 11.3 Å². The highest BCUT2D eigenvalue weighted by Gasteiger charge is 2.11. The molecule has 0 aliphatic rings. The first-order chi connectivity index (χ1) is 12.6. The first-order valence-electron chi connectivity index (χ1n) is 8.43. The van der Waals surface area contributed by atoms with Crippen molar-refractivity contribution in [2.24, 2.45) is 0 Å². The van der Waals surface area contributed by atoms with E-state index < -0.39 is 0 Å². The molecule has 0 aliphatic heterocycles. The number of carbonyl (C=O) groups is 1. The monoisotopic (exact) mass is 353 g/mol. The van der Waals surface area contributed by atoms with Gasteiger partial charge in [-0.05, 0) is 61.9 Å². The lowest BCUT2D eigenvalue weighted by Crippen LogP contribution is -2.38. The van der Waals surface area contributed by atoms with Crippen molar-refractivity contribution < 1.29 is 14.3 Å². The number of nitriles is 1. The van der Waals surface area contributed by atoms with Gasteiger partial charge < -0.3 is 20.1 Å². The van der Waals surface area contributed by atoms with Crippen molar-refractivity contribution in [3.63, 3.8) is 0 Å². The fraction of sp³-hybridized carbons (Fsp3) is 0.300. The van der Waals surface area contributed by atoms with Crippen LogP contribution in [-0.4, -0.2) is 32.2 Å². The van der Waals surface area contributed by atoms with Gasteiger partial charge in [-0.3, -0.25) is 4.79 Å². The molecule has 0 radical (unpaired) electrons. The summed E-state index contributed by atoms with van der Waals surface area (Å²) in [5.74, 6) is 1.28. The number of carbonyl (C=O) groups excluding carboxylic acids is 1. The van der Waals surface area contributed by atoms with E-state index in [1.54, 1.807) is 31.4 Å². The predicted molar refractivity (Wildman–Crippen MR) is 100 cm³/mol. The standard InChI is InChI=1S/C20H23N3O3/c1-15(20(24)22-12-3-13-25-2)23-17-6-10-19(11-7-17)26-18-8-4-16(14-21)5-9-18/h4-11,15,23H,3,12-13H2,1-2H3,(H,22,24). The number of benzene rings is 2. The Bertz CT molecular complexity index is 736. The molecule has 1 amide bonds. The number of ether oxygens (including phenoxy) is 2. The molecule has 136 valence electrons.